The van der Waals surface area contributed by atoms with Gasteiger partial charge in [-0.25, -0.2) is 18.1 Å². The summed E-state index contributed by atoms with van der Waals surface area (Å²) >= 11 is 3.34. The predicted molar refractivity (Wildman–Crippen MR) is 148 cm³/mol. The van der Waals surface area contributed by atoms with Crippen LogP contribution in [0.1, 0.15) is 37.3 Å². The van der Waals surface area contributed by atoms with E-state index in [1.807, 2.05) is 41.3 Å². The summed E-state index contributed by atoms with van der Waals surface area (Å²) in [7, 11) is -3.59. The molecule has 2 fully saturated rings. The summed E-state index contributed by atoms with van der Waals surface area (Å²) in [6.45, 7) is 2.05. The lowest BCUT2D eigenvalue weighted by molar-refractivity contribution is -0.139. The van der Waals surface area contributed by atoms with Gasteiger partial charge >= 0.3 is 0 Å². The summed E-state index contributed by atoms with van der Waals surface area (Å²) in [6, 6.07) is 22.5. The number of halogens is 1. The number of piperazine rings is 1. The van der Waals surface area contributed by atoms with E-state index in [1.54, 1.807) is 30.5 Å². The Morgan fingerprint density at radius 2 is 1.59 bits per heavy atom. The molecule has 1 N–H and O–H groups in total. The zero-order chi connectivity index (χ0) is 25.8. The van der Waals surface area contributed by atoms with E-state index < -0.39 is 10.0 Å². The van der Waals surface area contributed by atoms with Crippen LogP contribution in [0.2, 0.25) is 0 Å². The molecule has 5 rings (SSSR count). The third-order valence-electron chi connectivity index (χ3n) is 7.34. The van der Waals surface area contributed by atoms with Crippen molar-refractivity contribution in [1.82, 2.24) is 14.6 Å². The Kier molecular flexibility index (Phi) is 7.92. The topological polar surface area (TPSA) is 82.6 Å². The fourth-order valence-electron chi connectivity index (χ4n) is 5.35. The number of nitrogens with zero attached hydrogens (tertiary/aromatic N) is 3. The summed E-state index contributed by atoms with van der Waals surface area (Å²) in [5.41, 5.74) is 1.12. The first-order chi connectivity index (χ1) is 17.9. The van der Waals surface area contributed by atoms with Crippen LogP contribution >= 0.6 is 15.9 Å². The molecular formula is C28H31BrN4O3S. The van der Waals surface area contributed by atoms with Crippen LogP contribution < -0.4 is 9.62 Å². The molecule has 1 atom stereocenters. The normalized spacial score (nSPS) is 22.6. The molecule has 9 heteroatoms. The average molecular weight is 584 g/mol. The number of anilines is 1. The highest BCUT2D eigenvalue weighted by molar-refractivity contribution is 9.10. The molecule has 1 saturated carbocycles. The molecule has 1 amide bonds. The summed E-state index contributed by atoms with van der Waals surface area (Å²) in [5, 5.41) is 0. The van der Waals surface area contributed by atoms with Crippen LogP contribution in [-0.2, 0) is 14.8 Å². The maximum Gasteiger partial charge on any atom is 0.240 e. The quantitative estimate of drug-likeness (QED) is 0.452. The summed E-state index contributed by atoms with van der Waals surface area (Å²) < 4.78 is 29.3. The number of benzene rings is 2. The van der Waals surface area contributed by atoms with E-state index in [-0.39, 0.29) is 28.8 Å². The molecule has 2 aliphatic rings. The van der Waals surface area contributed by atoms with Crippen molar-refractivity contribution in [2.45, 2.75) is 42.7 Å². The Balaban J connectivity index is 1.24. The molecule has 7 nitrogen and oxygen atoms in total. The van der Waals surface area contributed by atoms with Crippen molar-refractivity contribution in [3.8, 4) is 0 Å². The van der Waals surface area contributed by atoms with Gasteiger partial charge in [0.25, 0.3) is 0 Å². The van der Waals surface area contributed by atoms with Gasteiger partial charge in [0.1, 0.15) is 5.82 Å². The fourth-order valence-corrected chi connectivity index (χ4v) is 6.92. The van der Waals surface area contributed by atoms with Gasteiger partial charge in [-0.3, -0.25) is 4.79 Å². The molecule has 1 saturated heterocycles. The van der Waals surface area contributed by atoms with Crippen LogP contribution in [0.25, 0.3) is 0 Å². The van der Waals surface area contributed by atoms with E-state index in [1.165, 1.54) is 0 Å². The van der Waals surface area contributed by atoms with E-state index >= 15 is 0 Å². The Hall–Kier alpha value is -2.75. The Bertz CT molecular complexity index is 1300. The average Bonchev–Trinajstić information content (AvgIpc) is 2.94. The summed E-state index contributed by atoms with van der Waals surface area (Å²) in [4.78, 5) is 22.8. The number of sulfonamides is 1. The number of amides is 1. The summed E-state index contributed by atoms with van der Waals surface area (Å²) in [5.74, 6) is 0.999. The Labute approximate surface area is 227 Å². The van der Waals surface area contributed by atoms with E-state index in [4.69, 9.17) is 0 Å². The zero-order valence-electron chi connectivity index (χ0n) is 20.5. The standard InChI is InChI=1S/C28H31BrN4O3S/c29-23-11-15-25(16-12-23)37(35,36)31-24-13-9-22(10-14-24)28(34)33-19-18-32(27-8-4-5-17-30-27)20-26(33)21-6-2-1-3-7-21/h1-8,11-12,15-17,22,24,26,31H,9-10,13-14,18-20H2/t22?,24?,26-/m1/s1. The lowest BCUT2D eigenvalue weighted by atomic mass is 9.85. The molecule has 2 heterocycles. The van der Waals surface area contributed by atoms with Crippen molar-refractivity contribution in [3.05, 3.63) is 89.0 Å². The second-order valence-corrected chi connectivity index (χ2v) is 12.3. The number of pyridine rings is 1. The maximum atomic E-state index is 13.8. The first-order valence-corrected chi connectivity index (χ1v) is 15.0. The first kappa shape index (κ1) is 25.9. The molecule has 0 bridgehead atoms. The molecule has 1 aliphatic carbocycles. The monoisotopic (exact) mass is 582 g/mol. The van der Waals surface area contributed by atoms with Crippen LogP contribution in [0.3, 0.4) is 0 Å². The van der Waals surface area contributed by atoms with Gasteiger partial charge in [0.05, 0.1) is 10.9 Å². The van der Waals surface area contributed by atoms with Gasteiger partial charge in [-0.1, -0.05) is 52.3 Å². The first-order valence-electron chi connectivity index (χ1n) is 12.7. The number of aromatic nitrogens is 1. The van der Waals surface area contributed by atoms with Crippen LogP contribution in [0.15, 0.2) is 88.4 Å². The van der Waals surface area contributed by atoms with Crippen LogP contribution in [-0.4, -0.2) is 49.9 Å². The Morgan fingerprint density at radius 1 is 0.892 bits per heavy atom. The van der Waals surface area contributed by atoms with E-state index in [9.17, 15) is 13.2 Å². The number of hydrogen-bond acceptors (Lipinski definition) is 5. The van der Waals surface area contributed by atoms with Crippen LogP contribution in [0, 0.1) is 5.92 Å². The largest absolute Gasteiger partial charge is 0.352 e. The van der Waals surface area contributed by atoms with Crippen LogP contribution in [0.4, 0.5) is 5.82 Å². The van der Waals surface area contributed by atoms with Gasteiger partial charge in [-0.15, -0.1) is 0 Å². The van der Waals surface area contributed by atoms with Gasteiger partial charge < -0.3 is 9.80 Å². The van der Waals surface area contributed by atoms with E-state index in [0.717, 1.165) is 22.4 Å². The Morgan fingerprint density at radius 3 is 2.27 bits per heavy atom. The second kappa shape index (κ2) is 11.3. The number of hydrogen-bond donors (Lipinski definition) is 1. The fraction of sp³-hybridized carbons (Fsp3) is 0.357. The van der Waals surface area contributed by atoms with Crippen molar-refractivity contribution < 1.29 is 13.2 Å². The zero-order valence-corrected chi connectivity index (χ0v) is 22.9. The molecule has 2 aromatic carbocycles. The molecule has 37 heavy (non-hydrogen) atoms. The summed E-state index contributed by atoms with van der Waals surface area (Å²) in [6.07, 6.45) is 4.45. The molecule has 1 aliphatic heterocycles. The van der Waals surface area contributed by atoms with Crippen molar-refractivity contribution >= 4 is 37.7 Å². The number of nitrogens with one attached hydrogen (secondary N) is 1. The van der Waals surface area contributed by atoms with Crippen LogP contribution in [0.5, 0.6) is 0 Å². The molecule has 0 unspecified atom stereocenters. The molecule has 3 aromatic rings. The lowest BCUT2D eigenvalue weighted by Gasteiger charge is -2.44. The van der Waals surface area contributed by atoms with E-state index in [2.05, 4.69) is 42.7 Å². The second-order valence-electron chi connectivity index (χ2n) is 9.72. The number of carbonyl (C=O) groups is 1. The van der Waals surface area contributed by atoms with Crippen molar-refractivity contribution in [3.63, 3.8) is 0 Å². The van der Waals surface area contributed by atoms with Gasteiger partial charge in [-0.2, -0.15) is 0 Å². The van der Waals surface area contributed by atoms with Gasteiger partial charge in [0.2, 0.25) is 15.9 Å². The molecule has 1 aromatic heterocycles. The van der Waals surface area contributed by atoms with Crippen molar-refractivity contribution in [2.24, 2.45) is 5.92 Å². The minimum Gasteiger partial charge on any atom is -0.352 e. The maximum absolute atomic E-state index is 13.8. The third-order valence-corrected chi connectivity index (χ3v) is 9.41. The number of rotatable bonds is 6. The van der Waals surface area contributed by atoms with Gasteiger partial charge in [0.15, 0.2) is 0 Å². The minimum atomic E-state index is -3.59. The molecular weight excluding hydrogens is 552 g/mol. The predicted octanol–water partition coefficient (Wildman–Crippen LogP) is 4.77. The molecule has 0 radical (unpaired) electrons. The van der Waals surface area contributed by atoms with Gasteiger partial charge in [-0.05, 0) is 67.6 Å². The minimum absolute atomic E-state index is 0.0573. The highest BCUT2D eigenvalue weighted by Crippen LogP contribution is 2.33. The number of carbonyl (C=O) groups excluding carboxylic acids is 1. The highest BCUT2D eigenvalue weighted by atomic mass is 79.9. The van der Waals surface area contributed by atoms with Crippen molar-refractivity contribution in [2.75, 3.05) is 24.5 Å². The third kappa shape index (κ3) is 6.05. The van der Waals surface area contributed by atoms with Crippen molar-refractivity contribution in [1.29, 1.82) is 0 Å². The SMILES string of the molecule is O=C(C1CCC(NS(=O)(=O)c2ccc(Br)cc2)CC1)N1CCN(c2ccccn2)C[C@@H]1c1ccccc1. The molecule has 0 spiro atoms. The lowest BCUT2D eigenvalue weighted by Crippen LogP contribution is -2.53. The molecule has 194 valence electrons. The van der Waals surface area contributed by atoms with E-state index in [0.29, 0.717) is 38.8 Å². The van der Waals surface area contributed by atoms with Gasteiger partial charge in [0, 0.05) is 42.3 Å². The smallest absolute Gasteiger partial charge is 0.240 e. The highest BCUT2D eigenvalue weighted by Gasteiger charge is 2.37.